The van der Waals surface area contributed by atoms with Gasteiger partial charge in [0.05, 0.1) is 14.2 Å². The topological polar surface area (TPSA) is 55.8 Å². The van der Waals surface area contributed by atoms with Crippen molar-refractivity contribution in [3.05, 3.63) is 65.4 Å². The molecular formula is C23H23NO4. The zero-order valence-electron chi connectivity index (χ0n) is 16.1. The van der Waals surface area contributed by atoms with Gasteiger partial charge in [-0.15, -0.1) is 0 Å². The second-order valence-corrected chi connectivity index (χ2v) is 7.04. The molecule has 5 heteroatoms. The second-order valence-electron chi connectivity index (χ2n) is 7.04. The van der Waals surface area contributed by atoms with E-state index in [1.54, 1.807) is 19.1 Å². The molecule has 0 aromatic heterocycles. The normalized spacial score (nSPS) is 19.5. The number of hydrogen-bond donors (Lipinski definition) is 0. The van der Waals surface area contributed by atoms with Gasteiger partial charge in [-0.25, -0.2) is 0 Å². The molecule has 0 spiro atoms. The fourth-order valence-corrected chi connectivity index (χ4v) is 4.32. The van der Waals surface area contributed by atoms with Crippen LogP contribution in [0.25, 0.3) is 0 Å². The van der Waals surface area contributed by atoms with Gasteiger partial charge in [-0.1, -0.05) is 30.3 Å². The van der Waals surface area contributed by atoms with Gasteiger partial charge in [0.25, 0.3) is 0 Å². The zero-order valence-corrected chi connectivity index (χ0v) is 16.1. The predicted octanol–water partition coefficient (Wildman–Crippen LogP) is 4.23. The number of carbonyl (C=O) groups excluding carboxylic acids is 2. The Morgan fingerprint density at radius 1 is 0.929 bits per heavy atom. The molecule has 2 aromatic carbocycles. The molecule has 0 saturated carbocycles. The van der Waals surface area contributed by atoms with Gasteiger partial charge in [0, 0.05) is 41.3 Å². The summed E-state index contributed by atoms with van der Waals surface area (Å²) in [5.41, 5.74) is 3.20. The van der Waals surface area contributed by atoms with Gasteiger partial charge < -0.3 is 9.47 Å². The minimum Gasteiger partial charge on any atom is -0.493 e. The number of Topliss-reactive ketones (excluding diaryl/α,β-unsaturated/α-hetero) is 1. The van der Waals surface area contributed by atoms with Crippen LogP contribution in [0.15, 0.2) is 59.8 Å². The number of ether oxygens (including phenoxy) is 2. The summed E-state index contributed by atoms with van der Waals surface area (Å²) < 4.78 is 11.0. The maximum Gasteiger partial charge on any atom is 0.232 e. The molecular weight excluding hydrogens is 354 g/mol. The number of nitrogens with zero attached hydrogens (tertiary/aromatic N) is 1. The Hall–Kier alpha value is -3.08. The number of hydrogen-bond acceptors (Lipinski definition) is 4. The lowest BCUT2D eigenvalue weighted by Crippen LogP contribution is -2.40. The maximum atomic E-state index is 13.2. The van der Waals surface area contributed by atoms with Crippen molar-refractivity contribution in [1.82, 2.24) is 0 Å². The van der Waals surface area contributed by atoms with Gasteiger partial charge in [0.15, 0.2) is 17.3 Å². The molecule has 1 heterocycles. The van der Waals surface area contributed by atoms with Crippen LogP contribution in [0, 0.1) is 0 Å². The van der Waals surface area contributed by atoms with Crippen molar-refractivity contribution < 1.29 is 19.1 Å². The summed E-state index contributed by atoms with van der Waals surface area (Å²) in [6, 6.07) is 15.2. The van der Waals surface area contributed by atoms with E-state index >= 15 is 0 Å². The lowest BCUT2D eigenvalue weighted by atomic mass is 9.76. The first-order valence-electron chi connectivity index (χ1n) is 9.50. The molecule has 144 valence electrons. The highest BCUT2D eigenvalue weighted by molar-refractivity contribution is 6.07. The summed E-state index contributed by atoms with van der Waals surface area (Å²) >= 11 is 0. The number of allylic oxidation sites excluding steroid dienone is 2. The first kappa shape index (κ1) is 18.3. The van der Waals surface area contributed by atoms with E-state index in [0.717, 1.165) is 28.9 Å². The number of benzene rings is 2. The average molecular weight is 377 g/mol. The van der Waals surface area contributed by atoms with Crippen molar-refractivity contribution in [2.75, 3.05) is 19.1 Å². The SMILES string of the molecule is COc1cccc(C2CC(=O)N(c3ccccc3)C3=C2C(=O)CCC3)c1OC. The largest absolute Gasteiger partial charge is 0.493 e. The molecule has 5 nitrogen and oxygen atoms in total. The first-order chi connectivity index (χ1) is 13.7. The number of methoxy groups -OCH3 is 2. The van der Waals surface area contributed by atoms with Crippen LogP contribution in [-0.2, 0) is 9.59 Å². The number of rotatable bonds is 4. The smallest absolute Gasteiger partial charge is 0.232 e. The highest BCUT2D eigenvalue weighted by Crippen LogP contribution is 2.47. The van der Waals surface area contributed by atoms with Crippen molar-refractivity contribution in [3.63, 3.8) is 0 Å². The number of ketones is 1. The maximum absolute atomic E-state index is 13.2. The van der Waals surface area contributed by atoms with E-state index in [1.165, 1.54) is 0 Å². The lowest BCUT2D eigenvalue weighted by molar-refractivity contribution is -0.119. The van der Waals surface area contributed by atoms with Crippen LogP contribution in [0.3, 0.4) is 0 Å². The molecule has 1 unspecified atom stereocenters. The van der Waals surface area contributed by atoms with Crippen LogP contribution in [0.4, 0.5) is 5.69 Å². The quantitative estimate of drug-likeness (QED) is 0.800. The predicted molar refractivity (Wildman–Crippen MR) is 107 cm³/mol. The summed E-state index contributed by atoms with van der Waals surface area (Å²) in [4.78, 5) is 27.9. The average Bonchev–Trinajstić information content (AvgIpc) is 2.73. The molecule has 4 rings (SSSR count). The summed E-state index contributed by atoms with van der Waals surface area (Å²) in [7, 11) is 3.17. The molecule has 1 aliphatic carbocycles. The Balaban J connectivity index is 1.89. The summed E-state index contributed by atoms with van der Waals surface area (Å²) in [6.07, 6.45) is 2.21. The van der Waals surface area contributed by atoms with E-state index < -0.39 is 0 Å². The first-order valence-corrected chi connectivity index (χ1v) is 9.50. The molecule has 2 aliphatic rings. The van der Waals surface area contributed by atoms with Crippen LogP contribution in [0.1, 0.15) is 37.2 Å². The van der Waals surface area contributed by atoms with Gasteiger partial charge in [-0.2, -0.15) is 0 Å². The van der Waals surface area contributed by atoms with Crippen LogP contribution >= 0.6 is 0 Å². The number of anilines is 1. The van der Waals surface area contributed by atoms with Gasteiger partial charge in [0.1, 0.15) is 0 Å². The summed E-state index contributed by atoms with van der Waals surface area (Å²) in [6.45, 7) is 0. The standard InChI is InChI=1S/C23H23NO4/c1-27-20-13-6-10-16(23(20)28-2)17-14-21(26)24(15-8-4-3-5-9-15)18-11-7-12-19(25)22(17)18/h3-6,8-10,13,17H,7,11-12,14H2,1-2H3. The third-order valence-electron chi connectivity index (χ3n) is 5.50. The van der Waals surface area contributed by atoms with E-state index in [0.29, 0.717) is 24.3 Å². The Bertz CT molecular complexity index is 948. The Morgan fingerprint density at radius 2 is 1.71 bits per heavy atom. The van der Waals surface area contributed by atoms with Crippen LogP contribution in [-0.4, -0.2) is 25.9 Å². The van der Waals surface area contributed by atoms with Crippen molar-refractivity contribution in [2.24, 2.45) is 0 Å². The van der Waals surface area contributed by atoms with Gasteiger partial charge in [-0.3, -0.25) is 14.5 Å². The Kier molecular flexibility index (Phi) is 4.90. The molecule has 0 fully saturated rings. The second kappa shape index (κ2) is 7.50. The van der Waals surface area contributed by atoms with E-state index in [9.17, 15) is 9.59 Å². The Morgan fingerprint density at radius 3 is 2.43 bits per heavy atom. The molecule has 0 bridgehead atoms. The number of amides is 1. The van der Waals surface area contributed by atoms with Gasteiger partial charge in [-0.05, 0) is 31.0 Å². The van der Waals surface area contributed by atoms with Gasteiger partial charge >= 0.3 is 0 Å². The van der Waals surface area contributed by atoms with Crippen LogP contribution < -0.4 is 14.4 Å². The molecule has 0 radical (unpaired) electrons. The van der Waals surface area contributed by atoms with E-state index in [-0.39, 0.29) is 24.0 Å². The molecule has 0 saturated heterocycles. The van der Waals surface area contributed by atoms with Crippen molar-refractivity contribution >= 4 is 17.4 Å². The highest BCUT2D eigenvalue weighted by Gasteiger charge is 2.40. The monoisotopic (exact) mass is 377 g/mol. The zero-order chi connectivity index (χ0) is 19.7. The fraction of sp³-hybridized carbons (Fsp3) is 0.304. The summed E-state index contributed by atoms with van der Waals surface area (Å²) in [5.74, 6) is 0.976. The number of para-hydroxylation sites is 2. The van der Waals surface area contributed by atoms with Gasteiger partial charge in [0.2, 0.25) is 5.91 Å². The molecule has 2 aromatic rings. The third kappa shape index (κ3) is 2.97. The molecule has 1 amide bonds. The van der Waals surface area contributed by atoms with E-state index in [4.69, 9.17) is 9.47 Å². The van der Waals surface area contributed by atoms with Crippen molar-refractivity contribution in [3.8, 4) is 11.5 Å². The van der Waals surface area contributed by atoms with Crippen molar-refractivity contribution in [2.45, 2.75) is 31.6 Å². The Labute approximate surface area is 164 Å². The van der Waals surface area contributed by atoms with Crippen LogP contribution in [0.5, 0.6) is 11.5 Å². The molecule has 0 N–H and O–H groups in total. The van der Waals surface area contributed by atoms with Crippen molar-refractivity contribution in [1.29, 1.82) is 0 Å². The molecule has 1 aliphatic heterocycles. The number of carbonyl (C=O) groups is 2. The molecule has 28 heavy (non-hydrogen) atoms. The summed E-state index contributed by atoms with van der Waals surface area (Å²) in [5, 5.41) is 0. The van der Waals surface area contributed by atoms with Crippen LogP contribution in [0.2, 0.25) is 0 Å². The minimum absolute atomic E-state index is 0.00507. The fourth-order valence-electron chi connectivity index (χ4n) is 4.32. The minimum atomic E-state index is -0.319. The highest BCUT2D eigenvalue weighted by atomic mass is 16.5. The lowest BCUT2D eigenvalue weighted by Gasteiger charge is -2.38. The molecule has 1 atom stereocenters. The third-order valence-corrected chi connectivity index (χ3v) is 5.50. The van der Waals surface area contributed by atoms with E-state index in [1.807, 2.05) is 48.5 Å². The van der Waals surface area contributed by atoms with E-state index in [2.05, 4.69) is 0 Å².